The zero-order chi connectivity index (χ0) is 12.1. The molecule has 0 bridgehead atoms. The maximum absolute atomic E-state index is 12.5. The number of nitrogens with one attached hydrogen (secondary N) is 1. The summed E-state index contributed by atoms with van der Waals surface area (Å²) in [6.45, 7) is 4.98. The first kappa shape index (κ1) is 12.9. The molecular formula is C14H26N2O. The van der Waals surface area contributed by atoms with Gasteiger partial charge in [0.25, 0.3) is 0 Å². The van der Waals surface area contributed by atoms with Gasteiger partial charge in [0.1, 0.15) is 0 Å². The highest BCUT2D eigenvalue weighted by atomic mass is 16.2. The Balaban J connectivity index is 1.91. The number of nitrogens with zero attached hydrogens (tertiary/aromatic N) is 1. The Morgan fingerprint density at radius 1 is 1.12 bits per heavy atom. The van der Waals surface area contributed by atoms with Gasteiger partial charge in [0.05, 0.1) is 0 Å². The summed E-state index contributed by atoms with van der Waals surface area (Å²) in [5.74, 6) is 0.747. The van der Waals surface area contributed by atoms with Crippen molar-refractivity contribution in [2.75, 3.05) is 19.6 Å². The van der Waals surface area contributed by atoms with Crippen LogP contribution >= 0.6 is 0 Å². The van der Waals surface area contributed by atoms with Crippen LogP contribution in [0.3, 0.4) is 0 Å². The number of carbonyl (C=O) groups is 1. The number of amides is 1. The normalized spacial score (nSPS) is 28.5. The van der Waals surface area contributed by atoms with Crippen molar-refractivity contribution in [3.05, 3.63) is 0 Å². The van der Waals surface area contributed by atoms with E-state index in [9.17, 15) is 4.79 Å². The van der Waals surface area contributed by atoms with Crippen LogP contribution in [0.1, 0.15) is 51.9 Å². The minimum Gasteiger partial charge on any atom is -0.337 e. The van der Waals surface area contributed by atoms with Crippen molar-refractivity contribution in [3.8, 4) is 0 Å². The van der Waals surface area contributed by atoms with Gasteiger partial charge >= 0.3 is 0 Å². The third-order valence-electron chi connectivity index (χ3n) is 4.24. The molecule has 0 aromatic carbocycles. The molecule has 0 aromatic heterocycles. The molecule has 2 aliphatic rings. The second kappa shape index (κ2) is 6.39. The Bertz CT molecular complexity index is 247. The second-order valence-corrected chi connectivity index (χ2v) is 5.63. The van der Waals surface area contributed by atoms with E-state index in [1.807, 2.05) is 0 Å². The van der Waals surface area contributed by atoms with Crippen LogP contribution in [-0.4, -0.2) is 36.5 Å². The van der Waals surface area contributed by atoms with E-state index in [0.717, 1.165) is 32.5 Å². The predicted octanol–water partition coefficient (Wildman–Crippen LogP) is 2.17. The molecule has 0 radical (unpaired) electrons. The molecule has 1 N–H and O–H groups in total. The topological polar surface area (TPSA) is 32.3 Å². The standard InChI is InChI=1S/C14H26N2O/c1-12-11-15-9-10-16(12)14(17)13-7-5-3-2-4-6-8-13/h12-13,15H,2-11H2,1H3/t12-/m0/s1. The molecule has 1 saturated heterocycles. The summed E-state index contributed by atoms with van der Waals surface area (Å²) >= 11 is 0. The molecule has 1 aliphatic heterocycles. The smallest absolute Gasteiger partial charge is 0.226 e. The molecule has 3 heteroatoms. The first-order chi connectivity index (χ1) is 8.29. The molecule has 1 atom stereocenters. The van der Waals surface area contributed by atoms with E-state index in [1.54, 1.807) is 0 Å². The van der Waals surface area contributed by atoms with Crippen LogP contribution in [-0.2, 0) is 4.79 Å². The monoisotopic (exact) mass is 238 g/mol. The third kappa shape index (κ3) is 3.44. The average molecular weight is 238 g/mol. The molecule has 1 aliphatic carbocycles. The summed E-state index contributed by atoms with van der Waals surface area (Å²) in [5, 5.41) is 3.35. The van der Waals surface area contributed by atoms with E-state index < -0.39 is 0 Å². The molecular weight excluding hydrogens is 212 g/mol. The Morgan fingerprint density at radius 3 is 2.41 bits per heavy atom. The van der Waals surface area contributed by atoms with Gasteiger partial charge < -0.3 is 10.2 Å². The summed E-state index contributed by atoms with van der Waals surface area (Å²) in [4.78, 5) is 14.6. The van der Waals surface area contributed by atoms with E-state index >= 15 is 0 Å². The molecule has 1 amide bonds. The second-order valence-electron chi connectivity index (χ2n) is 5.63. The molecule has 0 spiro atoms. The molecule has 1 saturated carbocycles. The predicted molar refractivity (Wildman–Crippen MR) is 69.9 cm³/mol. The van der Waals surface area contributed by atoms with Gasteiger partial charge in [-0.1, -0.05) is 32.1 Å². The first-order valence-corrected chi connectivity index (χ1v) is 7.30. The summed E-state index contributed by atoms with van der Waals surface area (Å²) in [7, 11) is 0. The van der Waals surface area contributed by atoms with Crippen LogP contribution in [0.25, 0.3) is 0 Å². The fourth-order valence-electron chi connectivity index (χ4n) is 3.11. The van der Waals surface area contributed by atoms with Crippen molar-refractivity contribution in [1.29, 1.82) is 0 Å². The van der Waals surface area contributed by atoms with E-state index in [-0.39, 0.29) is 0 Å². The number of hydrogen-bond donors (Lipinski definition) is 1. The summed E-state index contributed by atoms with van der Waals surface area (Å²) in [6, 6.07) is 0.377. The lowest BCUT2D eigenvalue weighted by Gasteiger charge is -2.36. The van der Waals surface area contributed by atoms with Crippen LogP contribution in [0.4, 0.5) is 0 Å². The SMILES string of the molecule is C[C@H]1CNCCN1C(=O)C1CCCCCCC1. The molecule has 2 rings (SSSR count). The number of hydrogen-bond acceptors (Lipinski definition) is 2. The highest BCUT2D eigenvalue weighted by molar-refractivity contribution is 5.79. The molecule has 0 unspecified atom stereocenters. The van der Waals surface area contributed by atoms with Crippen molar-refractivity contribution < 1.29 is 4.79 Å². The van der Waals surface area contributed by atoms with E-state index in [2.05, 4.69) is 17.1 Å². The van der Waals surface area contributed by atoms with Crippen LogP contribution in [0.5, 0.6) is 0 Å². The van der Waals surface area contributed by atoms with Gasteiger partial charge in [-0.05, 0) is 19.8 Å². The lowest BCUT2D eigenvalue weighted by Crippen LogP contribution is -2.53. The third-order valence-corrected chi connectivity index (χ3v) is 4.24. The van der Waals surface area contributed by atoms with Crippen LogP contribution in [0.2, 0.25) is 0 Å². The van der Waals surface area contributed by atoms with E-state index in [4.69, 9.17) is 0 Å². The number of carbonyl (C=O) groups excluding carboxylic acids is 1. The fraction of sp³-hybridized carbons (Fsp3) is 0.929. The van der Waals surface area contributed by atoms with Gasteiger partial charge in [-0.3, -0.25) is 4.79 Å². The Hall–Kier alpha value is -0.570. The van der Waals surface area contributed by atoms with Crippen molar-refractivity contribution >= 4 is 5.91 Å². The van der Waals surface area contributed by atoms with Gasteiger partial charge in [0, 0.05) is 31.6 Å². The molecule has 0 aromatic rings. The van der Waals surface area contributed by atoms with Gasteiger partial charge in [-0.15, -0.1) is 0 Å². The average Bonchev–Trinajstić information content (AvgIpc) is 2.28. The van der Waals surface area contributed by atoms with E-state index in [0.29, 0.717) is 17.9 Å². The molecule has 1 heterocycles. The van der Waals surface area contributed by atoms with Crippen molar-refractivity contribution in [2.24, 2.45) is 5.92 Å². The van der Waals surface area contributed by atoms with Crippen LogP contribution in [0.15, 0.2) is 0 Å². The summed E-state index contributed by atoms with van der Waals surface area (Å²) in [5.41, 5.74) is 0. The highest BCUT2D eigenvalue weighted by Gasteiger charge is 2.28. The van der Waals surface area contributed by atoms with Crippen LogP contribution < -0.4 is 5.32 Å². The summed E-state index contributed by atoms with van der Waals surface area (Å²) < 4.78 is 0. The van der Waals surface area contributed by atoms with Crippen molar-refractivity contribution in [3.63, 3.8) is 0 Å². The molecule has 98 valence electrons. The minimum absolute atomic E-state index is 0.316. The van der Waals surface area contributed by atoms with Gasteiger partial charge in [0.2, 0.25) is 5.91 Å². The quantitative estimate of drug-likeness (QED) is 0.759. The maximum Gasteiger partial charge on any atom is 0.226 e. The Morgan fingerprint density at radius 2 is 1.76 bits per heavy atom. The van der Waals surface area contributed by atoms with Crippen LogP contribution in [0, 0.1) is 5.92 Å². The highest BCUT2D eigenvalue weighted by Crippen LogP contribution is 2.24. The zero-order valence-corrected chi connectivity index (χ0v) is 11.1. The van der Waals surface area contributed by atoms with Gasteiger partial charge in [-0.25, -0.2) is 0 Å². The number of rotatable bonds is 1. The number of piperazine rings is 1. The fourth-order valence-corrected chi connectivity index (χ4v) is 3.11. The maximum atomic E-state index is 12.5. The molecule has 2 fully saturated rings. The summed E-state index contributed by atoms with van der Waals surface area (Å²) in [6.07, 6.45) is 8.74. The van der Waals surface area contributed by atoms with Crippen molar-refractivity contribution in [1.82, 2.24) is 10.2 Å². The Kier molecular flexibility index (Phi) is 4.84. The van der Waals surface area contributed by atoms with Gasteiger partial charge in [-0.2, -0.15) is 0 Å². The molecule has 3 nitrogen and oxygen atoms in total. The largest absolute Gasteiger partial charge is 0.337 e. The zero-order valence-electron chi connectivity index (χ0n) is 11.1. The van der Waals surface area contributed by atoms with E-state index in [1.165, 1.54) is 32.1 Å². The Labute approximate surface area is 105 Å². The van der Waals surface area contributed by atoms with Crippen molar-refractivity contribution in [2.45, 2.75) is 57.9 Å². The lowest BCUT2D eigenvalue weighted by molar-refractivity contribution is -0.139. The van der Waals surface area contributed by atoms with Gasteiger partial charge in [0.15, 0.2) is 0 Å². The molecule has 17 heavy (non-hydrogen) atoms. The first-order valence-electron chi connectivity index (χ1n) is 7.30. The minimum atomic E-state index is 0.316. The lowest BCUT2D eigenvalue weighted by atomic mass is 9.89.